The predicted octanol–water partition coefficient (Wildman–Crippen LogP) is 6.33. The minimum absolute atomic E-state index is 0.0481. The number of rotatable bonds is 6. The van der Waals surface area contributed by atoms with E-state index >= 15 is 0 Å². The van der Waals surface area contributed by atoms with E-state index < -0.39 is 17.7 Å². The van der Waals surface area contributed by atoms with Crippen molar-refractivity contribution in [1.29, 1.82) is 0 Å². The highest BCUT2D eigenvalue weighted by molar-refractivity contribution is 6.51. The highest BCUT2D eigenvalue weighted by Crippen LogP contribution is 2.43. The molecule has 1 aliphatic heterocycles. The number of amides is 1. The summed E-state index contributed by atoms with van der Waals surface area (Å²) in [6.45, 7) is 10.6. The number of anilines is 1. The molecular weight excluding hydrogens is 466 g/mol. The smallest absolute Gasteiger partial charge is 0.300 e. The molecule has 1 saturated heterocycles. The number of hydrogen-bond acceptors (Lipinski definition) is 5. The number of ketones is 1. The zero-order valence-corrected chi connectivity index (χ0v) is 22.2. The van der Waals surface area contributed by atoms with E-state index in [4.69, 9.17) is 9.47 Å². The van der Waals surface area contributed by atoms with Gasteiger partial charge in [0.1, 0.15) is 17.3 Å². The number of carbonyl (C=O) groups is 2. The van der Waals surface area contributed by atoms with Gasteiger partial charge in [-0.05, 0) is 78.4 Å². The minimum atomic E-state index is -0.797. The maximum absolute atomic E-state index is 13.4. The quantitative estimate of drug-likeness (QED) is 0.244. The number of hydrogen-bond donors (Lipinski definition) is 1. The molecule has 1 amide bonds. The lowest BCUT2D eigenvalue weighted by molar-refractivity contribution is -0.132. The molecule has 1 fully saturated rings. The van der Waals surface area contributed by atoms with Crippen molar-refractivity contribution in [3.63, 3.8) is 0 Å². The molecule has 0 bridgehead atoms. The van der Waals surface area contributed by atoms with E-state index in [1.807, 2.05) is 38.1 Å². The van der Waals surface area contributed by atoms with Gasteiger partial charge >= 0.3 is 0 Å². The van der Waals surface area contributed by atoms with Crippen LogP contribution in [0.1, 0.15) is 56.0 Å². The van der Waals surface area contributed by atoms with Gasteiger partial charge in [0.05, 0.1) is 25.3 Å². The second-order valence-corrected chi connectivity index (χ2v) is 10.2. The van der Waals surface area contributed by atoms with Gasteiger partial charge < -0.3 is 14.6 Å². The Balaban J connectivity index is 1.89. The summed E-state index contributed by atoms with van der Waals surface area (Å²) in [6.07, 6.45) is 0. The summed E-state index contributed by atoms with van der Waals surface area (Å²) >= 11 is 0. The molecule has 37 heavy (non-hydrogen) atoms. The summed E-state index contributed by atoms with van der Waals surface area (Å²) in [4.78, 5) is 28.3. The number of Topliss-reactive ketones (excluding diaryl/α,β-unsaturated/α-hetero) is 1. The first-order valence-corrected chi connectivity index (χ1v) is 12.4. The minimum Gasteiger partial charge on any atom is -0.507 e. The van der Waals surface area contributed by atoms with Gasteiger partial charge in [0.15, 0.2) is 0 Å². The van der Waals surface area contributed by atoms with Crippen LogP contribution in [-0.2, 0) is 15.0 Å². The van der Waals surface area contributed by atoms with Gasteiger partial charge in [-0.1, -0.05) is 45.0 Å². The molecule has 4 rings (SSSR count). The summed E-state index contributed by atoms with van der Waals surface area (Å²) in [7, 11) is 1.57. The number of carbonyl (C=O) groups excluding carboxylic acids is 2. The van der Waals surface area contributed by atoms with Gasteiger partial charge in [-0.15, -0.1) is 0 Å². The fourth-order valence-electron chi connectivity index (χ4n) is 4.63. The SMILES string of the molecule is CCOc1ccc(N2C(=O)C(=O)/C(=C(\O)c3ccc(OC)c(C)c3)C2c2ccc(C(C)(C)C)cc2)cc1. The Morgan fingerprint density at radius 1 is 0.973 bits per heavy atom. The first kappa shape index (κ1) is 26.0. The second-order valence-electron chi connectivity index (χ2n) is 10.2. The number of aliphatic hydroxyl groups is 1. The third-order valence-corrected chi connectivity index (χ3v) is 6.63. The highest BCUT2D eigenvalue weighted by atomic mass is 16.5. The Kier molecular flexibility index (Phi) is 7.12. The zero-order valence-electron chi connectivity index (χ0n) is 22.2. The van der Waals surface area contributed by atoms with Crippen LogP contribution in [0.25, 0.3) is 5.76 Å². The van der Waals surface area contributed by atoms with Crippen molar-refractivity contribution >= 4 is 23.1 Å². The molecule has 6 heteroatoms. The van der Waals surface area contributed by atoms with Crippen LogP contribution in [0.15, 0.2) is 72.3 Å². The lowest BCUT2D eigenvalue weighted by Crippen LogP contribution is -2.29. The molecule has 0 saturated carbocycles. The molecular formula is C31H33NO5. The lowest BCUT2D eigenvalue weighted by atomic mass is 9.85. The van der Waals surface area contributed by atoms with Crippen molar-refractivity contribution in [2.75, 3.05) is 18.6 Å². The largest absolute Gasteiger partial charge is 0.507 e. The van der Waals surface area contributed by atoms with Crippen LogP contribution >= 0.6 is 0 Å². The molecule has 6 nitrogen and oxygen atoms in total. The summed E-state index contributed by atoms with van der Waals surface area (Å²) in [6, 6.07) is 19.3. The van der Waals surface area contributed by atoms with Crippen molar-refractivity contribution in [1.82, 2.24) is 0 Å². The molecule has 0 aliphatic carbocycles. The van der Waals surface area contributed by atoms with Crippen LogP contribution < -0.4 is 14.4 Å². The Morgan fingerprint density at radius 3 is 2.16 bits per heavy atom. The average molecular weight is 500 g/mol. The van der Waals surface area contributed by atoms with Crippen molar-refractivity contribution in [2.24, 2.45) is 0 Å². The van der Waals surface area contributed by atoms with Crippen LogP contribution in [0, 0.1) is 6.92 Å². The summed E-state index contributed by atoms with van der Waals surface area (Å²) in [5, 5.41) is 11.4. The lowest BCUT2D eigenvalue weighted by Gasteiger charge is -2.27. The number of benzene rings is 3. The molecule has 0 spiro atoms. The Morgan fingerprint density at radius 2 is 1.62 bits per heavy atom. The maximum atomic E-state index is 13.4. The van der Waals surface area contributed by atoms with E-state index in [1.165, 1.54) is 4.90 Å². The second kappa shape index (κ2) is 10.1. The maximum Gasteiger partial charge on any atom is 0.300 e. The van der Waals surface area contributed by atoms with Crippen molar-refractivity contribution < 1.29 is 24.2 Å². The monoisotopic (exact) mass is 499 g/mol. The highest BCUT2D eigenvalue weighted by Gasteiger charge is 2.47. The third-order valence-electron chi connectivity index (χ3n) is 6.63. The van der Waals surface area contributed by atoms with Gasteiger partial charge in [-0.3, -0.25) is 14.5 Å². The van der Waals surface area contributed by atoms with Crippen molar-refractivity contribution in [3.8, 4) is 11.5 Å². The van der Waals surface area contributed by atoms with E-state index in [2.05, 4.69) is 20.8 Å². The van der Waals surface area contributed by atoms with Gasteiger partial charge in [-0.2, -0.15) is 0 Å². The molecule has 1 N–H and O–H groups in total. The number of methoxy groups -OCH3 is 1. The molecule has 3 aromatic carbocycles. The van der Waals surface area contributed by atoms with Crippen LogP contribution in [0.2, 0.25) is 0 Å². The van der Waals surface area contributed by atoms with Crippen LogP contribution in [-0.4, -0.2) is 30.5 Å². The Labute approximate surface area is 218 Å². The molecule has 192 valence electrons. The van der Waals surface area contributed by atoms with E-state index in [0.717, 1.165) is 16.7 Å². The number of aliphatic hydroxyl groups excluding tert-OH is 1. The average Bonchev–Trinajstić information content (AvgIpc) is 3.14. The van der Waals surface area contributed by atoms with Crippen molar-refractivity contribution in [3.05, 3.63) is 94.6 Å². The predicted molar refractivity (Wildman–Crippen MR) is 145 cm³/mol. The number of ether oxygens (including phenoxy) is 2. The first-order chi connectivity index (χ1) is 17.6. The van der Waals surface area contributed by atoms with Gasteiger partial charge in [0, 0.05) is 11.3 Å². The summed E-state index contributed by atoms with van der Waals surface area (Å²) in [5.74, 6) is -0.309. The van der Waals surface area contributed by atoms with Gasteiger partial charge in [0.2, 0.25) is 0 Å². The fourth-order valence-corrected chi connectivity index (χ4v) is 4.63. The molecule has 1 aliphatic rings. The molecule has 1 atom stereocenters. The summed E-state index contributed by atoms with van der Waals surface area (Å²) < 4.78 is 10.9. The van der Waals surface area contributed by atoms with Crippen LogP contribution in [0.5, 0.6) is 11.5 Å². The molecule has 1 heterocycles. The van der Waals surface area contributed by atoms with E-state index in [0.29, 0.717) is 29.4 Å². The molecule has 0 radical (unpaired) electrons. The first-order valence-electron chi connectivity index (χ1n) is 12.4. The van der Waals surface area contributed by atoms with Crippen molar-refractivity contribution in [2.45, 2.75) is 46.1 Å². The van der Waals surface area contributed by atoms with E-state index in [1.54, 1.807) is 49.6 Å². The van der Waals surface area contributed by atoms with Crippen LogP contribution in [0.3, 0.4) is 0 Å². The topological polar surface area (TPSA) is 76.1 Å². The number of aryl methyl sites for hydroxylation is 1. The van der Waals surface area contributed by atoms with E-state index in [-0.39, 0.29) is 16.7 Å². The summed E-state index contributed by atoms with van der Waals surface area (Å²) in [5.41, 5.74) is 3.63. The third kappa shape index (κ3) is 4.96. The van der Waals surface area contributed by atoms with E-state index in [9.17, 15) is 14.7 Å². The number of nitrogens with zero attached hydrogens (tertiary/aromatic N) is 1. The molecule has 3 aromatic rings. The molecule has 1 unspecified atom stereocenters. The fraction of sp³-hybridized carbons (Fsp3) is 0.290. The normalized spacial score (nSPS) is 17.2. The zero-order chi connectivity index (χ0) is 26.9. The van der Waals surface area contributed by atoms with Crippen LogP contribution in [0.4, 0.5) is 5.69 Å². The van der Waals surface area contributed by atoms with Gasteiger partial charge in [-0.25, -0.2) is 0 Å². The Hall–Kier alpha value is -4.06. The standard InChI is InChI=1S/C31H33NO5/c1-7-37-24-15-13-23(14-16-24)32-27(20-8-11-22(12-9-20)31(3,4)5)26(29(34)30(32)35)28(33)21-10-17-25(36-6)19(2)18-21/h8-18,27,33H,7H2,1-6H3/b28-26-. The Bertz CT molecular complexity index is 1350. The molecule has 0 aromatic heterocycles. The van der Waals surface area contributed by atoms with Gasteiger partial charge in [0.25, 0.3) is 11.7 Å².